The molecule has 0 aliphatic heterocycles. The molecular formula is C20H26ClN3O3S. The number of sulfonamides is 1. The third-order valence-electron chi connectivity index (χ3n) is 4.44. The summed E-state index contributed by atoms with van der Waals surface area (Å²) < 4.78 is 25.9. The van der Waals surface area contributed by atoms with Crippen molar-refractivity contribution in [1.82, 2.24) is 5.32 Å². The minimum absolute atomic E-state index is 0.369. The van der Waals surface area contributed by atoms with Crippen LogP contribution in [-0.4, -0.2) is 46.8 Å². The highest BCUT2D eigenvalue weighted by Crippen LogP contribution is 2.28. The standard InChI is InChI=1S/C20H26ClN3O3S/c1-15-10-11-17(21)14-19(15)24(28(4,26)27)16(2)20(25)22-12-13-23(3)18-8-6-5-7-9-18/h5-11,14,16H,12-13H2,1-4H3,(H,22,25). The van der Waals surface area contributed by atoms with Crippen LogP contribution in [0.2, 0.25) is 5.02 Å². The number of anilines is 2. The zero-order valence-electron chi connectivity index (χ0n) is 16.5. The second-order valence-corrected chi connectivity index (χ2v) is 9.01. The normalized spacial score (nSPS) is 12.3. The molecule has 28 heavy (non-hydrogen) atoms. The number of benzene rings is 2. The maximum Gasteiger partial charge on any atom is 0.243 e. The van der Waals surface area contributed by atoms with Crippen molar-refractivity contribution in [2.24, 2.45) is 0 Å². The van der Waals surface area contributed by atoms with E-state index in [1.54, 1.807) is 32.0 Å². The first kappa shape index (κ1) is 22.0. The number of amides is 1. The SMILES string of the molecule is Cc1ccc(Cl)cc1N(C(C)C(=O)NCCN(C)c1ccccc1)S(C)(=O)=O. The number of nitrogens with zero attached hydrogens (tertiary/aromatic N) is 2. The van der Waals surface area contributed by atoms with Gasteiger partial charge >= 0.3 is 0 Å². The van der Waals surface area contributed by atoms with Crippen molar-refractivity contribution in [2.45, 2.75) is 19.9 Å². The quantitative estimate of drug-likeness (QED) is 0.708. The molecule has 0 saturated heterocycles. The second kappa shape index (κ2) is 9.30. The average molecular weight is 424 g/mol. The van der Waals surface area contributed by atoms with Crippen LogP contribution in [0.1, 0.15) is 12.5 Å². The molecule has 0 saturated carbocycles. The molecular weight excluding hydrogens is 398 g/mol. The van der Waals surface area contributed by atoms with Crippen molar-refractivity contribution in [2.75, 3.05) is 35.6 Å². The lowest BCUT2D eigenvalue weighted by molar-refractivity contribution is -0.121. The Kier molecular flexibility index (Phi) is 7.32. The van der Waals surface area contributed by atoms with E-state index in [1.165, 1.54) is 0 Å². The molecule has 0 bridgehead atoms. The van der Waals surface area contributed by atoms with E-state index in [9.17, 15) is 13.2 Å². The average Bonchev–Trinajstić information content (AvgIpc) is 2.64. The molecule has 0 fully saturated rings. The third-order valence-corrected chi connectivity index (χ3v) is 5.90. The molecule has 1 amide bonds. The van der Waals surface area contributed by atoms with Gasteiger partial charge in [-0.3, -0.25) is 9.10 Å². The Hall–Kier alpha value is -2.25. The predicted molar refractivity (Wildman–Crippen MR) is 116 cm³/mol. The first-order chi connectivity index (χ1) is 13.1. The van der Waals surface area contributed by atoms with E-state index >= 15 is 0 Å². The maximum atomic E-state index is 12.6. The number of carbonyl (C=O) groups excluding carboxylic acids is 1. The van der Waals surface area contributed by atoms with E-state index in [1.807, 2.05) is 42.3 Å². The van der Waals surface area contributed by atoms with E-state index < -0.39 is 16.1 Å². The van der Waals surface area contributed by atoms with E-state index in [4.69, 9.17) is 11.6 Å². The van der Waals surface area contributed by atoms with Crippen LogP contribution in [0.4, 0.5) is 11.4 Å². The first-order valence-corrected chi connectivity index (χ1v) is 11.1. The number of rotatable bonds is 8. The van der Waals surface area contributed by atoms with Crippen molar-refractivity contribution in [3.8, 4) is 0 Å². The minimum atomic E-state index is -3.68. The molecule has 1 atom stereocenters. The monoisotopic (exact) mass is 423 g/mol. The largest absolute Gasteiger partial charge is 0.373 e. The van der Waals surface area contributed by atoms with Gasteiger partial charge in [-0.15, -0.1) is 0 Å². The number of hydrogen-bond donors (Lipinski definition) is 1. The van der Waals surface area contributed by atoms with Crippen LogP contribution >= 0.6 is 11.6 Å². The Bertz CT molecular complexity index is 920. The summed E-state index contributed by atoms with van der Waals surface area (Å²) in [4.78, 5) is 14.7. The van der Waals surface area contributed by atoms with Gasteiger partial charge in [0.15, 0.2) is 0 Å². The van der Waals surface area contributed by atoms with Gasteiger partial charge < -0.3 is 10.2 Å². The van der Waals surface area contributed by atoms with Crippen molar-refractivity contribution < 1.29 is 13.2 Å². The van der Waals surface area contributed by atoms with Gasteiger partial charge in [0.05, 0.1) is 11.9 Å². The van der Waals surface area contributed by atoms with E-state index in [0.717, 1.165) is 21.8 Å². The molecule has 0 spiro atoms. The lowest BCUT2D eigenvalue weighted by Crippen LogP contribution is -2.49. The number of aryl methyl sites for hydroxylation is 1. The van der Waals surface area contributed by atoms with Crippen LogP contribution < -0.4 is 14.5 Å². The number of para-hydroxylation sites is 1. The summed E-state index contributed by atoms with van der Waals surface area (Å²) in [6, 6.07) is 13.9. The highest BCUT2D eigenvalue weighted by molar-refractivity contribution is 7.92. The maximum absolute atomic E-state index is 12.6. The molecule has 6 nitrogen and oxygen atoms in total. The smallest absolute Gasteiger partial charge is 0.243 e. The van der Waals surface area contributed by atoms with Gasteiger partial charge in [0.2, 0.25) is 15.9 Å². The molecule has 8 heteroatoms. The molecule has 1 N–H and O–H groups in total. The zero-order chi connectivity index (χ0) is 20.9. The summed E-state index contributed by atoms with van der Waals surface area (Å²) in [7, 11) is -1.75. The van der Waals surface area contributed by atoms with Gasteiger partial charge in [-0.25, -0.2) is 8.42 Å². The van der Waals surface area contributed by atoms with Gasteiger partial charge in [-0.05, 0) is 43.7 Å². The van der Waals surface area contributed by atoms with Gasteiger partial charge in [-0.1, -0.05) is 35.9 Å². The van der Waals surface area contributed by atoms with E-state index in [0.29, 0.717) is 23.8 Å². The zero-order valence-corrected chi connectivity index (χ0v) is 18.1. The van der Waals surface area contributed by atoms with Gasteiger partial charge in [0.25, 0.3) is 0 Å². The molecule has 0 radical (unpaired) electrons. The Morgan fingerprint density at radius 2 is 1.82 bits per heavy atom. The summed E-state index contributed by atoms with van der Waals surface area (Å²) in [5.74, 6) is -0.369. The van der Waals surface area contributed by atoms with Crippen LogP contribution in [-0.2, 0) is 14.8 Å². The highest BCUT2D eigenvalue weighted by atomic mass is 35.5. The fraction of sp³-hybridized carbons (Fsp3) is 0.350. The summed E-state index contributed by atoms with van der Waals surface area (Å²) in [5.41, 5.74) is 2.16. The Morgan fingerprint density at radius 1 is 1.18 bits per heavy atom. The molecule has 1 unspecified atom stereocenters. The number of likely N-dealkylation sites (N-methyl/N-ethyl adjacent to an activating group) is 1. The molecule has 2 rings (SSSR count). The lowest BCUT2D eigenvalue weighted by Gasteiger charge is -2.30. The summed E-state index contributed by atoms with van der Waals surface area (Å²) >= 11 is 6.04. The van der Waals surface area contributed by atoms with E-state index in [-0.39, 0.29) is 5.91 Å². The summed E-state index contributed by atoms with van der Waals surface area (Å²) in [5, 5.41) is 3.23. The molecule has 0 heterocycles. The van der Waals surface area contributed by atoms with Crippen molar-refractivity contribution >= 4 is 38.9 Å². The second-order valence-electron chi connectivity index (χ2n) is 6.71. The Balaban J connectivity index is 2.09. The van der Waals surface area contributed by atoms with Crippen LogP contribution in [0.25, 0.3) is 0 Å². The molecule has 2 aromatic rings. The van der Waals surface area contributed by atoms with Crippen LogP contribution in [0.3, 0.4) is 0 Å². The van der Waals surface area contributed by atoms with Crippen LogP contribution in [0.5, 0.6) is 0 Å². The topological polar surface area (TPSA) is 69.7 Å². The molecule has 2 aromatic carbocycles. The van der Waals surface area contributed by atoms with Crippen molar-refractivity contribution in [3.05, 3.63) is 59.1 Å². The van der Waals surface area contributed by atoms with Crippen molar-refractivity contribution in [1.29, 1.82) is 0 Å². The molecule has 0 aliphatic carbocycles. The van der Waals surface area contributed by atoms with Crippen LogP contribution in [0, 0.1) is 6.92 Å². The molecule has 0 aliphatic rings. The fourth-order valence-corrected chi connectivity index (χ4v) is 4.30. The molecule has 0 aromatic heterocycles. The number of hydrogen-bond acceptors (Lipinski definition) is 4. The lowest BCUT2D eigenvalue weighted by atomic mass is 10.2. The Labute approximate surface area is 172 Å². The van der Waals surface area contributed by atoms with Gasteiger partial charge in [-0.2, -0.15) is 0 Å². The predicted octanol–water partition coefficient (Wildman–Crippen LogP) is 3.06. The van der Waals surface area contributed by atoms with Crippen molar-refractivity contribution in [3.63, 3.8) is 0 Å². The highest BCUT2D eigenvalue weighted by Gasteiger charge is 2.30. The van der Waals surface area contributed by atoms with E-state index in [2.05, 4.69) is 5.32 Å². The summed E-state index contributed by atoms with van der Waals surface area (Å²) in [6.45, 7) is 4.33. The minimum Gasteiger partial charge on any atom is -0.373 e. The molecule has 152 valence electrons. The third kappa shape index (κ3) is 5.62. The fourth-order valence-electron chi connectivity index (χ4n) is 2.91. The van der Waals surface area contributed by atoms with Gasteiger partial charge in [0, 0.05) is 30.8 Å². The number of carbonyl (C=O) groups is 1. The summed E-state index contributed by atoms with van der Waals surface area (Å²) in [6.07, 6.45) is 1.08. The van der Waals surface area contributed by atoms with Gasteiger partial charge in [0.1, 0.15) is 6.04 Å². The Morgan fingerprint density at radius 3 is 2.43 bits per heavy atom. The van der Waals surface area contributed by atoms with Crippen LogP contribution in [0.15, 0.2) is 48.5 Å². The number of halogens is 1. The number of nitrogens with one attached hydrogen (secondary N) is 1. The first-order valence-electron chi connectivity index (χ1n) is 8.90.